The van der Waals surface area contributed by atoms with Crippen LogP contribution in [0, 0.1) is 12.3 Å². The summed E-state index contributed by atoms with van der Waals surface area (Å²) in [5.74, 6) is 1.92. The summed E-state index contributed by atoms with van der Waals surface area (Å²) in [4.78, 5) is 42.6. The summed E-state index contributed by atoms with van der Waals surface area (Å²) < 4.78 is 5.48. The van der Waals surface area contributed by atoms with E-state index in [9.17, 15) is 14.4 Å². The molecule has 1 aliphatic carbocycles. The number of carbonyl (C=O) groups is 3. The topological polar surface area (TPSA) is 87.7 Å². The maximum Gasteiger partial charge on any atom is 0.408 e. The van der Waals surface area contributed by atoms with Crippen LogP contribution in [0.3, 0.4) is 0 Å². The first-order valence-electron chi connectivity index (χ1n) is 13.9. The standard InChI is InChI=1S/C33H41N3O4/c1-6-22-36(31(38)28(23-24-16-10-8-11-17-24)35-32(39)40-33(3,4)5)29(27-21-15-14-18-25(27)7-2)30(37)34-26-19-12-9-13-20-26/h2,6,8,10-11,14-18,21,26,28-29H,1,9,12-13,19-20,22-23H2,3-5H3,(H,34,37)(H,35,39). The van der Waals surface area contributed by atoms with Crippen molar-refractivity contribution in [2.75, 3.05) is 6.54 Å². The molecule has 0 radical (unpaired) electrons. The molecule has 3 amide bonds. The van der Waals surface area contributed by atoms with E-state index in [-0.39, 0.29) is 24.9 Å². The lowest BCUT2D eigenvalue weighted by Gasteiger charge is -2.35. The van der Waals surface area contributed by atoms with Gasteiger partial charge in [0.15, 0.2) is 0 Å². The van der Waals surface area contributed by atoms with Gasteiger partial charge in [0.25, 0.3) is 0 Å². The van der Waals surface area contributed by atoms with E-state index in [0.717, 1.165) is 37.7 Å². The van der Waals surface area contributed by atoms with Crippen LogP contribution in [-0.4, -0.2) is 47.0 Å². The Morgan fingerprint density at radius 2 is 1.73 bits per heavy atom. The van der Waals surface area contributed by atoms with E-state index in [1.54, 1.807) is 51.1 Å². The zero-order chi connectivity index (χ0) is 29.1. The van der Waals surface area contributed by atoms with Crippen molar-refractivity contribution in [3.8, 4) is 12.3 Å². The molecular weight excluding hydrogens is 502 g/mol. The molecule has 1 aliphatic rings. The largest absolute Gasteiger partial charge is 0.444 e. The molecule has 212 valence electrons. The average molecular weight is 544 g/mol. The molecule has 0 aromatic heterocycles. The molecule has 2 N–H and O–H groups in total. The van der Waals surface area contributed by atoms with E-state index in [1.165, 1.54) is 4.90 Å². The number of terminal acetylenes is 1. The van der Waals surface area contributed by atoms with Crippen molar-refractivity contribution < 1.29 is 19.1 Å². The predicted molar refractivity (Wildman–Crippen MR) is 157 cm³/mol. The first-order chi connectivity index (χ1) is 19.1. The summed E-state index contributed by atoms with van der Waals surface area (Å²) in [5.41, 5.74) is 1.17. The predicted octanol–water partition coefficient (Wildman–Crippen LogP) is 5.31. The van der Waals surface area contributed by atoms with Crippen molar-refractivity contribution in [3.63, 3.8) is 0 Å². The number of rotatable bonds is 10. The van der Waals surface area contributed by atoms with Crippen LogP contribution in [0.2, 0.25) is 0 Å². The van der Waals surface area contributed by atoms with Gasteiger partial charge in [-0.25, -0.2) is 4.79 Å². The molecule has 2 unspecified atom stereocenters. The van der Waals surface area contributed by atoms with Gasteiger partial charge in [-0.05, 0) is 50.8 Å². The van der Waals surface area contributed by atoms with Gasteiger partial charge in [0.05, 0.1) is 0 Å². The molecule has 7 heteroatoms. The second-order valence-electron chi connectivity index (χ2n) is 11.1. The number of ether oxygens (including phenoxy) is 1. The fourth-order valence-corrected chi connectivity index (χ4v) is 5.01. The Morgan fingerprint density at radius 3 is 2.35 bits per heavy atom. The van der Waals surface area contributed by atoms with Crippen LogP contribution >= 0.6 is 0 Å². The molecule has 3 rings (SSSR count). The smallest absolute Gasteiger partial charge is 0.408 e. The minimum absolute atomic E-state index is 0.0300. The third kappa shape index (κ3) is 8.74. The fraction of sp³-hybridized carbons (Fsp3) is 0.424. The highest BCUT2D eigenvalue weighted by Gasteiger charge is 2.37. The first kappa shape index (κ1) is 30.5. The van der Waals surface area contributed by atoms with Crippen molar-refractivity contribution in [2.45, 2.75) is 83.0 Å². The molecule has 1 saturated carbocycles. The van der Waals surface area contributed by atoms with Gasteiger partial charge in [-0.3, -0.25) is 9.59 Å². The molecule has 0 saturated heterocycles. The minimum atomic E-state index is -1.02. The lowest BCUT2D eigenvalue weighted by Crippen LogP contribution is -2.54. The Balaban J connectivity index is 2.02. The molecule has 0 bridgehead atoms. The van der Waals surface area contributed by atoms with E-state index in [4.69, 9.17) is 11.2 Å². The number of carbonyl (C=O) groups excluding carboxylic acids is 3. The second-order valence-corrected chi connectivity index (χ2v) is 11.1. The molecule has 1 fully saturated rings. The van der Waals surface area contributed by atoms with Crippen LogP contribution in [0.25, 0.3) is 0 Å². The molecule has 2 aromatic carbocycles. The van der Waals surface area contributed by atoms with Gasteiger partial charge in [-0.15, -0.1) is 13.0 Å². The number of hydrogen-bond donors (Lipinski definition) is 2. The molecule has 2 aromatic rings. The number of hydrogen-bond acceptors (Lipinski definition) is 4. The van der Waals surface area contributed by atoms with Crippen LogP contribution in [-0.2, 0) is 20.7 Å². The van der Waals surface area contributed by atoms with Gasteiger partial charge in [0, 0.05) is 24.6 Å². The molecule has 0 aliphatic heterocycles. The minimum Gasteiger partial charge on any atom is -0.444 e. The lowest BCUT2D eigenvalue weighted by molar-refractivity contribution is -0.142. The maximum atomic E-state index is 14.3. The van der Waals surface area contributed by atoms with E-state index in [0.29, 0.717) is 11.1 Å². The van der Waals surface area contributed by atoms with Crippen molar-refractivity contribution in [3.05, 3.63) is 83.9 Å². The monoisotopic (exact) mass is 543 g/mol. The summed E-state index contributed by atoms with van der Waals surface area (Å²) in [6.07, 6.45) is 11.9. The highest BCUT2D eigenvalue weighted by atomic mass is 16.6. The highest BCUT2D eigenvalue weighted by Crippen LogP contribution is 2.27. The summed E-state index contributed by atoms with van der Waals surface area (Å²) in [6.45, 7) is 9.19. The number of alkyl carbamates (subject to hydrolysis) is 1. The zero-order valence-electron chi connectivity index (χ0n) is 23.8. The van der Waals surface area contributed by atoms with Gasteiger partial charge in [-0.2, -0.15) is 0 Å². The fourth-order valence-electron chi connectivity index (χ4n) is 5.01. The number of nitrogens with zero attached hydrogens (tertiary/aromatic N) is 1. The third-order valence-corrected chi connectivity index (χ3v) is 6.80. The highest BCUT2D eigenvalue weighted by molar-refractivity contribution is 5.93. The second kappa shape index (κ2) is 14.4. The number of amides is 3. The maximum absolute atomic E-state index is 14.3. The van der Waals surface area contributed by atoms with Crippen molar-refractivity contribution >= 4 is 17.9 Å². The van der Waals surface area contributed by atoms with Crippen LogP contribution in [0.5, 0.6) is 0 Å². The summed E-state index contributed by atoms with van der Waals surface area (Å²) in [6, 6.07) is 14.5. The van der Waals surface area contributed by atoms with Gasteiger partial charge in [-0.1, -0.05) is 79.8 Å². The number of benzene rings is 2. The van der Waals surface area contributed by atoms with E-state index < -0.39 is 29.7 Å². The van der Waals surface area contributed by atoms with E-state index in [2.05, 4.69) is 23.1 Å². The first-order valence-corrected chi connectivity index (χ1v) is 13.9. The molecule has 7 nitrogen and oxygen atoms in total. The number of nitrogens with one attached hydrogen (secondary N) is 2. The molecule has 0 spiro atoms. The normalized spacial score (nSPS) is 15.2. The summed E-state index contributed by atoms with van der Waals surface area (Å²) in [5, 5.41) is 5.93. The Hall–Kier alpha value is -4.05. The van der Waals surface area contributed by atoms with Crippen LogP contribution in [0.1, 0.15) is 75.6 Å². The molecule has 2 atom stereocenters. The van der Waals surface area contributed by atoms with Gasteiger partial charge in [0.1, 0.15) is 17.7 Å². The summed E-state index contributed by atoms with van der Waals surface area (Å²) >= 11 is 0. The lowest BCUT2D eigenvalue weighted by atomic mass is 9.93. The van der Waals surface area contributed by atoms with Gasteiger partial charge in [0.2, 0.25) is 11.8 Å². The van der Waals surface area contributed by atoms with Crippen molar-refractivity contribution in [1.82, 2.24) is 15.5 Å². The third-order valence-electron chi connectivity index (χ3n) is 6.80. The van der Waals surface area contributed by atoms with Gasteiger partial charge < -0.3 is 20.3 Å². The Labute approximate surface area is 238 Å². The average Bonchev–Trinajstić information content (AvgIpc) is 2.92. The van der Waals surface area contributed by atoms with Crippen LogP contribution < -0.4 is 10.6 Å². The molecular formula is C33H41N3O4. The molecule has 40 heavy (non-hydrogen) atoms. The molecule has 0 heterocycles. The van der Waals surface area contributed by atoms with Crippen LogP contribution in [0.4, 0.5) is 4.79 Å². The Bertz CT molecular complexity index is 1210. The quantitative estimate of drug-likeness (QED) is 0.314. The van der Waals surface area contributed by atoms with Crippen molar-refractivity contribution in [2.24, 2.45) is 0 Å². The van der Waals surface area contributed by atoms with Crippen molar-refractivity contribution in [1.29, 1.82) is 0 Å². The van der Waals surface area contributed by atoms with Crippen LogP contribution in [0.15, 0.2) is 67.3 Å². The Kier molecular flexibility index (Phi) is 11.0. The SMILES string of the molecule is C#Cc1ccccc1C(C(=O)NC1CCCCC1)N(CC=C)C(=O)C(Cc1ccccc1)NC(=O)OC(C)(C)C. The van der Waals surface area contributed by atoms with E-state index in [1.807, 2.05) is 30.3 Å². The zero-order valence-corrected chi connectivity index (χ0v) is 23.8. The van der Waals surface area contributed by atoms with E-state index >= 15 is 0 Å². The Morgan fingerprint density at radius 1 is 1.07 bits per heavy atom. The summed E-state index contributed by atoms with van der Waals surface area (Å²) in [7, 11) is 0. The van der Waals surface area contributed by atoms with Gasteiger partial charge >= 0.3 is 6.09 Å².